The average Bonchev–Trinajstić information content (AvgIpc) is 1.58. The van der Waals surface area contributed by atoms with Crippen LogP contribution in [0.1, 0.15) is 0 Å². The van der Waals surface area contributed by atoms with Crippen molar-refractivity contribution in [1.82, 2.24) is 43.1 Å². The molecule has 15 heteroatoms. The van der Waals surface area contributed by atoms with Crippen LogP contribution in [0.5, 0.6) is 0 Å². The van der Waals surface area contributed by atoms with Crippen LogP contribution in [0.25, 0.3) is 213 Å². The van der Waals surface area contributed by atoms with E-state index in [9.17, 15) is 4.57 Å². The summed E-state index contributed by atoms with van der Waals surface area (Å²) >= 11 is 3.65. The quantitative estimate of drug-likeness (QED) is 0.0513. The third-order valence-corrected chi connectivity index (χ3v) is 42.7. The first-order valence-corrected chi connectivity index (χ1v) is 56.7. The van der Waals surface area contributed by atoms with Crippen molar-refractivity contribution in [1.29, 1.82) is 0 Å². The van der Waals surface area contributed by atoms with Gasteiger partial charge in [-0.25, -0.2) is 9.97 Å². The monoisotopic (exact) mass is 2000 g/mol. The molecule has 0 aliphatic rings. The van der Waals surface area contributed by atoms with Crippen LogP contribution in [0, 0.1) is 0 Å². The van der Waals surface area contributed by atoms with Crippen LogP contribution in [-0.2, 0) is 9.13 Å². The Morgan fingerprint density at radius 2 is 0.619 bits per heavy atom. The average molecular weight is 2000 g/mol. The molecular formula is C132H84N9O2P3Se. The summed E-state index contributed by atoms with van der Waals surface area (Å²) in [6.07, 6.45) is 7.60. The molecular weight excluding hydrogens is 1920 g/mol. The third kappa shape index (κ3) is 14.3. The first-order chi connectivity index (χ1) is 72.5. The Labute approximate surface area is 851 Å². The molecule has 1 atom stereocenters. The van der Waals surface area contributed by atoms with Crippen LogP contribution in [0.2, 0.25) is 0 Å². The number of rotatable bonds is 12. The van der Waals surface area contributed by atoms with Crippen molar-refractivity contribution in [3.05, 3.63) is 510 Å². The summed E-state index contributed by atoms with van der Waals surface area (Å²) in [6, 6.07) is 169. The minimum absolute atomic E-state index is 0.719. The molecule has 9 aromatic heterocycles. The van der Waals surface area contributed by atoms with Gasteiger partial charge in [-0.2, -0.15) is 0 Å². The van der Waals surface area contributed by atoms with E-state index in [1.54, 1.807) is 6.20 Å². The van der Waals surface area contributed by atoms with E-state index in [2.05, 4.69) is 379 Å². The maximum absolute atomic E-state index is 15.0. The van der Waals surface area contributed by atoms with Crippen molar-refractivity contribution in [3.63, 3.8) is 0 Å². The fourth-order valence-corrected chi connectivity index (χ4v) is 32.5. The van der Waals surface area contributed by atoms with Gasteiger partial charge in [0.25, 0.3) is 0 Å². The van der Waals surface area contributed by atoms with Crippen LogP contribution in [0.3, 0.4) is 0 Å². The third-order valence-electron chi connectivity index (χ3n) is 29.6. The summed E-state index contributed by atoms with van der Waals surface area (Å²) in [5, 5.41) is 32.2. The Morgan fingerprint density at radius 3 is 1.28 bits per heavy atom. The molecule has 0 amide bonds. The number of nitrogens with zero attached hydrogens (tertiary/aromatic N) is 9. The number of hydrogen-bond donors (Lipinski definition) is 0. The molecule has 0 fully saturated rings. The second-order valence-electron chi connectivity index (χ2n) is 37.8. The van der Waals surface area contributed by atoms with Crippen LogP contribution in [-0.4, -0.2) is 58.2 Å². The number of benzene rings is 21. The SMILES string of the molecule is O=P(c1ccccc1)(c1ccccc1)c1ccc(-c2ccc3c(ccc4c5ccccc5c5nc6ccccc6n5c34)c2)nc1.O=P(c1ccccc1)(c1ccccc1)c1ccc2cc(-c3ccc4c5c6ccccc6ccc5c5nc6ccccc6n5c4c3)ccc2c1.[Se]=P(c1ccccc1)(c1ccncc1)c1cnc2cc(-c3ccc4nc5c6c7ccccc7ccc6c6cc7ccccc7cc6n5c4c3)ccc2c1. The van der Waals surface area contributed by atoms with Gasteiger partial charge < -0.3 is 9.13 Å². The van der Waals surface area contributed by atoms with E-state index in [-0.39, 0.29) is 0 Å². The van der Waals surface area contributed by atoms with E-state index in [0.29, 0.717) is 0 Å². The van der Waals surface area contributed by atoms with Gasteiger partial charge in [-0.1, -0.05) is 322 Å². The Morgan fingerprint density at radius 1 is 0.204 bits per heavy atom. The Hall–Kier alpha value is -17.6. The molecule has 9 heterocycles. The summed E-state index contributed by atoms with van der Waals surface area (Å²) in [4.78, 5) is 29.8. The second kappa shape index (κ2) is 35.2. The normalized spacial score (nSPS) is 12.5. The van der Waals surface area contributed by atoms with Crippen molar-refractivity contribution >= 4 is 262 Å². The fraction of sp³-hybridized carbons (Fsp3) is 0. The summed E-state index contributed by atoms with van der Waals surface area (Å²) in [5.74, 6) is 0. The van der Waals surface area contributed by atoms with Gasteiger partial charge in [-0.15, -0.1) is 0 Å². The Kier molecular flexibility index (Phi) is 20.9. The molecule has 0 spiro atoms. The Bertz CT molecular complexity index is 10700. The topological polar surface area (TPSA) is 125 Å². The van der Waals surface area contributed by atoms with Gasteiger partial charge >= 0.3 is 204 Å². The summed E-state index contributed by atoms with van der Waals surface area (Å²) < 4.78 is 36.8. The molecule has 30 aromatic rings. The summed E-state index contributed by atoms with van der Waals surface area (Å²) in [6.45, 7) is 0. The van der Waals surface area contributed by atoms with Crippen molar-refractivity contribution < 1.29 is 9.13 Å². The molecule has 0 N–H and O–H groups in total. The molecule has 30 rings (SSSR count). The molecule has 147 heavy (non-hydrogen) atoms. The molecule has 0 saturated carbocycles. The van der Waals surface area contributed by atoms with Gasteiger partial charge in [-0.05, 0) is 149 Å². The maximum atomic E-state index is 15.0. The fourth-order valence-electron chi connectivity index (χ4n) is 22.5. The van der Waals surface area contributed by atoms with Crippen LogP contribution in [0.15, 0.2) is 510 Å². The number of fused-ring (bicyclic) bond motifs is 33. The molecule has 0 radical (unpaired) electrons. The first kappa shape index (κ1) is 87.3. The minimum atomic E-state index is -3.08. The van der Waals surface area contributed by atoms with Crippen molar-refractivity contribution in [2.45, 2.75) is 0 Å². The number of hydrogen-bond acceptors (Lipinski definition) is 8. The zero-order valence-electron chi connectivity index (χ0n) is 79.1. The van der Waals surface area contributed by atoms with E-state index in [0.717, 1.165) is 175 Å². The van der Waals surface area contributed by atoms with Gasteiger partial charge in [-0.3, -0.25) is 13.8 Å². The zero-order valence-corrected chi connectivity index (χ0v) is 83.5. The van der Waals surface area contributed by atoms with Gasteiger partial charge in [0.1, 0.15) is 11.3 Å². The first-order valence-electron chi connectivity index (χ1n) is 49.3. The standard InChI is InChI=1S/C47H29N4PSe.C45H29N2OP.C40H26N3OP/c53-52(36-11-2-1-3-12-36,37-20-22-48-23-21-37)38-24-35-15-14-33(26-43(35)49-29-38)34-17-19-42-45(28-34)51-44-27-32-10-5-4-9-31(32)25-41(44)40-18-16-30-8-6-7-13-39(30)46(40)47(51)50-42;48-49(35-12-3-1-4-13-35,36-14-5-2-6-15-36)37-24-21-32-27-31(19-20-33(32)28-37)34-23-25-39-43(29-34)47-42-18-10-9-17-41(42)46-45(47)40-26-22-30-11-7-8-16-38(30)44(39)40;44-45(29-11-3-1-4-12-29,30-13-5-2-6-14-30)31-21-24-36(41-26-31)28-20-22-32-27(25-28)19-23-34-33-15-7-8-16-35(33)40-42-37-17-9-10-18-38(37)43(40)39(32)34/h1-29H;1-29H;1-26H. The summed E-state index contributed by atoms with van der Waals surface area (Å²) in [5.41, 5.74) is 17.9. The Balaban J connectivity index is 0.000000107. The molecule has 0 aliphatic heterocycles. The predicted molar refractivity (Wildman–Crippen MR) is 621 cm³/mol. The number of imidazole rings is 3. The predicted octanol–water partition coefficient (Wildman–Crippen LogP) is 29.1. The van der Waals surface area contributed by atoms with E-state index in [1.807, 2.05) is 158 Å². The van der Waals surface area contributed by atoms with Crippen molar-refractivity contribution in [3.8, 4) is 33.5 Å². The van der Waals surface area contributed by atoms with E-state index in [1.165, 1.54) is 85.9 Å². The van der Waals surface area contributed by atoms with E-state index >= 15 is 4.57 Å². The van der Waals surface area contributed by atoms with Crippen LogP contribution < -0.4 is 47.7 Å². The van der Waals surface area contributed by atoms with Crippen molar-refractivity contribution in [2.75, 3.05) is 0 Å². The van der Waals surface area contributed by atoms with E-state index in [4.69, 9.17) is 24.9 Å². The number of pyridine rings is 6. The number of para-hydroxylation sites is 4. The van der Waals surface area contributed by atoms with Crippen molar-refractivity contribution in [2.24, 2.45) is 0 Å². The second-order valence-corrected chi connectivity index (χ2v) is 49.5. The van der Waals surface area contributed by atoms with Gasteiger partial charge in [0.05, 0.1) is 38.8 Å². The van der Waals surface area contributed by atoms with Gasteiger partial charge in [0.15, 0.2) is 14.3 Å². The molecule has 21 aromatic carbocycles. The van der Waals surface area contributed by atoms with Gasteiger partial charge in [0, 0.05) is 86.7 Å². The van der Waals surface area contributed by atoms with Crippen LogP contribution in [0.4, 0.5) is 0 Å². The molecule has 1 unspecified atom stereocenters. The molecule has 11 nitrogen and oxygen atoms in total. The molecule has 0 aliphatic carbocycles. The number of aromatic nitrogens is 9. The zero-order chi connectivity index (χ0) is 97.6. The molecule has 690 valence electrons. The molecule has 0 saturated heterocycles. The molecule has 0 bridgehead atoms. The van der Waals surface area contributed by atoms with Gasteiger partial charge in [0.2, 0.25) is 0 Å². The summed E-state index contributed by atoms with van der Waals surface area (Å²) in [7, 11) is -6.15. The van der Waals surface area contributed by atoms with E-state index < -0.39 is 19.8 Å². The van der Waals surface area contributed by atoms with Crippen LogP contribution >= 0.6 is 19.8 Å².